The molecular weight excluding hydrogens is 449 g/mol. The van der Waals surface area contributed by atoms with Crippen molar-refractivity contribution in [3.05, 3.63) is 122 Å². The van der Waals surface area contributed by atoms with Crippen LogP contribution >= 0.6 is 11.6 Å². The molecule has 0 aliphatic heterocycles. The molecule has 2 heterocycles. The molecule has 8 nitrogen and oxygen atoms in total. The lowest BCUT2D eigenvalue weighted by atomic mass is 10.2. The van der Waals surface area contributed by atoms with Gasteiger partial charge in [-0.05, 0) is 59.7 Å². The quantitative estimate of drug-likeness (QED) is 0.472. The van der Waals surface area contributed by atoms with Gasteiger partial charge in [-0.25, -0.2) is 9.18 Å². The summed E-state index contributed by atoms with van der Waals surface area (Å²) in [6.07, 6.45) is 3.15. The highest BCUT2D eigenvalue weighted by molar-refractivity contribution is 6.30. The van der Waals surface area contributed by atoms with E-state index >= 15 is 0 Å². The van der Waals surface area contributed by atoms with Crippen molar-refractivity contribution in [2.24, 2.45) is 0 Å². The molecule has 33 heavy (non-hydrogen) atoms. The van der Waals surface area contributed by atoms with Gasteiger partial charge in [0.05, 0.1) is 12.2 Å². The molecule has 0 spiro atoms. The Labute approximate surface area is 191 Å². The van der Waals surface area contributed by atoms with Gasteiger partial charge < -0.3 is 5.32 Å². The van der Waals surface area contributed by atoms with E-state index in [1.807, 2.05) is 0 Å². The van der Waals surface area contributed by atoms with Gasteiger partial charge in [0.2, 0.25) is 5.69 Å². The van der Waals surface area contributed by atoms with Crippen LogP contribution < -0.4 is 16.6 Å². The smallest absolute Gasteiger partial charge is 0.346 e. The van der Waals surface area contributed by atoms with E-state index in [2.05, 4.69) is 15.4 Å². The summed E-state index contributed by atoms with van der Waals surface area (Å²) in [5.74, 6) is -1.27. The Balaban J connectivity index is 1.78. The predicted octanol–water partition coefficient (Wildman–Crippen LogP) is 2.56. The number of pyridine rings is 1. The number of nitrogens with one attached hydrogen (secondary N) is 1. The van der Waals surface area contributed by atoms with E-state index in [1.54, 1.807) is 42.7 Å². The summed E-state index contributed by atoms with van der Waals surface area (Å²) in [7, 11) is 0. The molecule has 0 unspecified atom stereocenters. The second-order valence-corrected chi connectivity index (χ2v) is 7.52. The van der Waals surface area contributed by atoms with E-state index in [9.17, 15) is 18.8 Å². The molecule has 0 saturated heterocycles. The minimum absolute atomic E-state index is 0.131. The maximum atomic E-state index is 13.7. The minimum atomic E-state index is -0.887. The van der Waals surface area contributed by atoms with E-state index in [0.29, 0.717) is 16.3 Å². The molecular formula is C23H17ClFN5O3. The molecule has 0 atom stereocenters. The van der Waals surface area contributed by atoms with Crippen LogP contribution in [0.5, 0.6) is 0 Å². The predicted molar refractivity (Wildman–Crippen MR) is 120 cm³/mol. The van der Waals surface area contributed by atoms with Crippen LogP contribution in [-0.4, -0.2) is 25.2 Å². The Morgan fingerprint density at radius 2 is 1.73 bits per heavy atom. The highest BCUT2D eigenvalue weighted by atomic mass is 35.5. The van der Waals surface area contributed by atoms with E-state index in [-0.39, 0.29) is 13.1 Å². The van der Waals surface area contributed by atoms with Crippen molar-refractivity contribution in [1.82, 2.24) is 24.6 Å². The van der Waals surface area contributed by atoms with Gasteiger partial charge in [-0.3, -0.25) is 19.1 Å². The van der Waals surface area contributed by atoms with Gasteiger partial charge in [0.15, 0.2) is 0 Å². The van der Waals surface area contributed by atoms with Crippen molar-refractivity contribution in [3.8, 4) is 5.69 Å². The summed E-state index contributed by atoms with van der Waals surface area (Å²) in [6.45, 7) is -0.109. The van der Waals surface area contributed by atoms with Crippen molar-refractivity contribution in [3.63, 3.8) is 0 Å². The first-order chi connectivity index (χ1) is 15.9. The number of aromatic nitrogens is 4. The topological polar surface area (TPSA) is 98.9 Å². The summed E-state index contributed by atoms with van der Waals surface area (Å²) in [5.41, 5.74) is -0.690. The fraction of sp³-hybridized carbons (Fsp3) is 0.0870. The second kappa shape index (κ2) is 9.58. The van der Waals surface area contributed by atoms with Crippen molar-refractivity contribution in [1.29, 1.82) is 0 Å². The molecule has 0 fully saturated rings. The summed E-state index contributed by atoms with van der Waals surface area (Å²) in [6, 6.07) is 15.1. The van der Waals surface area contributed by atoms with Crippen LogP contribution in [0.2, 0.25) is 5.02 Å². The normalized spacial score (nSPS) is 10.7. The highest BCUT2D eigenvalue weighted by Crippen LogP contribution is 2.11. The number of benzene rings is 2. The summed E-state index contributed by atoms with van der Waals surface area (Å²) < 4.78 is 15.4. The molecule has 0 aliphatic rings. The van der Waals surface area contributed by atoms with Gasteiger partial charge in [0.25, 0.3) is 11.5 Å². The first-order valence-corrected chi connectivity index (χ1v) is 10.2. The number of hydrogen-bond donors (Lipinski definition) is 1. The number of rotatable bonds is 6. The molecule has 0 bridgehead atoms. The minimum Gasteiger partial charge on any atom is -0.346 e. The first-order valence-electron chi connectivity index (χ1n) is 9.84. The van der Waals surface area contributed by atoms with Crippen LogP contribution in [0.4, 0.5) is 4.39 Å². The maximum absolute atomic E-state index is 13.7. The van der Waals surface area contributed by atoms with Crippen molar-refractivity contribution in [2.75, 3.05) is 0 Å². The van der Waals surface area contributed by atoms with Crippen LogP contribution in [0.15, 0.2) is 82.6 Å². The standard InChI is InChI=1S/C23H17ClFN5O3/c24-17-4-6-19(7-5-17)30-23(33)29(14-16-2-1-3-18(25)12-16)22(32)20(28-30)21(31)27-13-15-8-10-26-11-9-15/h1-12H,13-14H2,(H,27,31). The molecule has 2 aromatic carbocycles. The molecule has 0 aliphatic carbocycles. The summed E-state index contributed by atoms with van der Waals surface area (Å²) in [4.78, 5) is 42.9. The van der Waals surface area contributed by atoms with Gasteiger partial charge in [-0.15, -0.1) is 0 Å². The highest BCUT2D eigenvalue weighted by Gasteiger charge is 2.20. The number of hydrogen-bond acceptors (Lipinski definition) is 5. The van der Waals surface area contributed by atoms with Crippen LogP contribution in [0, 0.1) is 5.82 Å². The second-order valence-electron chi connectivity index (χ2n) is 7.08. The van der Waals surface area contributed by atoms with Crippen molar-refractivity contribution >= 4 is 17.5 Å². The average Bonchev–Trinajstić information content (AvgIpc) is 2.82. The zero-order valence-electron chi connectivity index (χ0n) is 17.1. The molecule has 166 valence electrons. The van der Waals surface area contributed by atoms with Gasteiger partial charge >= 0.3 is 5.69 Å². The fourth-order valence-corrected chi connectivity index (χ4v) is 3.26. The Morgan fingerprint density at radius 1 is 1.00 bits per heavy atom. The zero-order valence-corrected chi connectivity index (χ0v) is 17.9. The van der Waals surface area contributed by atoms with Crippen molar-refractivity contribution in [2.45, 2.75) is 13.1 Å². The van der Waals surface area contributed by atoms with E-state index < -0.39 is 28.7 Å². The van der Waals surface area contributed by atoms with E-state index in [4.69, 9.17) is 11.6 Å². The van der Waals surface area contributed by atoms with Crippen LogP contribution in [0.3, 0.4) is 0 Å². The maximum Gasteiger partial charge on any atom is 0.352 e. The molecule has 2 aromatic heterocycles. The zero-order chi connectivity index (χ0) is 23.4. The Kier molecular flexibility index (Phi) is 6.41. The van der Waals surface area contributed by atoms with Crippen LogP contribution in [0.25, 0.3) is 5.69 Å². The third-order valence-electron chi connectivity index (χ3n) is 4.78. The number of amides is 1. The molecule has 0 radical (unpaired) electrons. The average molecular weight is 466 g/mol. The van der Waals surface area contributed by atoms with E-state index in [1.165, 1.54) is 30.3 Å². The molecule has 4 rings (SSSR count). The van der Waals surface area contributed by atoms with Gasteiger partial charge in [0, 0.05) is 24.0 Å². The molecule has 4 aromatic rings. The van der Waals surface area contributed by atoms with E-state index in [0.717, 1.165) is 14.8 Å². The third kappa shape index (κ3) is 5.04. The third-order valence-corrected chi connectivity index (χ3v) is 5.03. The molecule has 0 saturated carbocycles. The lowest BCUT2D eigenvalue weighted by molar-refractivity contribution is 0.0941. The number of carbonyl (C=O) groups is 1. The molecule has 1 amide bonds. The summed E-state index contributed by atoms with van der Waals surface area (Å²) >= 11 is 5.93. The Hall–Kier alpha value is -4.11. The Bertz CT molecular complexity index is 1420. The van der Waals surface area contributed by atoms with Gasteiger partial charge in [-0.2, -0.15) is 9.78 Å². The monoisotopic (exact) mass is 465 g/mol. The van der Waals surface area contributed by atoms with Crippen molar-refractivity contribution < 1.29 is 9.18 Å². The number of nitrogens with zero attached hydrogens (tertiary/aromatic N) is 4. The SMILES string of the molecule is O=C(NCc1ccncc1)c1nn(-c2ccc(Cl)cc2)c(=O)n(Cc2cccc(F)c2)c1=O. The van der Waals surface area contributed by atoms with Crippen LogP contribution in [0.1, 0.15) is 21.6 Å². The largest absolute Gasteiger partial charge is 0.352 e. The molecule has 10 heteroatoms. The number of carbonyl (C=O) groups excluding carboxylic acids is 1. The molecule has 1 N–H and O–H groups in total. The Morgan fingerprint density at radius 3 is 2.42 bits per heavy atom. The summed E-state index contributed by atoms with van der Waals surface area (Å²) in [5, 5.41) is 7.10. The lowest BCUT2D eigenvalue weighted by Gasteiger charge is -2.12. The first kappa shape index (κ1) is 22.1. The fourth-order valence-electron chi connectivity index (χ4n) is 3.13. The number of halogens is 2. The van der Waals surface area contributed by atoms with Gasteiger partial charge in [-0.1, -0.05) is 23.7 Å². The van der Waals surface area contributed by atoms with Crippen LogP contribution in [-0.2, 0) is 13.1 Å². The van der Waals surface area contributed by atoms with Gasteiger partial charge in [0.1, 0.15) is 5.82 Å². The lowest BCUT2D eigenvalue weighted by Crippen LogP contribution is -2.46.